The number of aromatic nitrogens is 4. The van der Waals surface area contributed by atoms with E-state index in [4.69, 9.17) is 16.3 Å². The molecule has 0 saturated carbocycles. The van der Waals surface area contributed by atoms with Crippen LogP contribution in [-0.4, -0.2) is 65.1 Å². The number of morpholine rings is 1. The minimum absolute atomic E-state index is 0.115. The van der Waals surface area contributed by atoms with Crippen molar-refractivity contribution in [2.75, 3.05) is 31.6 Å². The fourth-order valence-electron chi connectivity index (χ4n) is 3.18. The summed E-state index contributed by atoms with van der Waals surface area (Å²) in [5, 5.41) is 15.4. The number of aryl methyl sites for hydroxylation is 1. The SMILES string of the molecule is Cc1ccc(S(=O)(=O)N2CCOCC2)cc1NC(=O)Cn1nnc(-c2ccc(Cl)cc2)n1. The van der Waals surface area contributed by atoms with Gasteiger partial charge in [0.15, 0.2) is 0 Å². The maximum Gasteiger partial charge on any atom is 0.248 e. The predicted octanol–water partition coefficient (Wildman–Crippen LogP) is 1.96. The summed E-state index contributed by atoms with van der Waals surface area (Å²) < 4.78 is 32.4. The molecule has 32 heavy (non-hydrogen) atoms. The van der Waals surface area contributed by atoms with Crippen molar-refractivity contribution in [1.82, 2.24) is 24.5 Å². The Morgan fingerprint density at radius 1 is 1.16 bits per heavy atom. The fraction of sp³-hybridized carbons (Fsp3) is 0.300. The summed E-state index contributed by atoms with van der Waals surface area (Å²) in [5.41, 5.74) is 1.85. The summed E-state index contributed by atoms with van der Waals surface area (Å²) in [6.07, 6.45) is 0. The molecule has 1 amide bonds. The third-order valence-corrected chi connectivity index (χ3v) is 7.08. The first-order valence-corrected chi connectivity index (χ1v) is 11.7. The average Bonchev–Trinajstić information content (AvgIpc) is 3.24. The first-order valence-electron chi connectivity index (χ1n) is 9.85. The summed E-state index contributed by atoms with van der Waals surface area (Å²) in [5.74, 6) is -0.0432. The maximum absolute atomic E-state index is 12.9. The smallest absolute Gasteiger partial charge is 0.248 e. The molecule has 4 rings (SSSR count). The number of sulfonamides is 1. The molecule has 0 aliphatic carbocycles. The number of hydrogen-bond donors (Lipinski definition) is 1. The molecule has 10 nitrogen and oxygen atoms in total. The van der Waals surface area contributed by atoms with Crippen molar-refractivity contribution in [3.8, 4) is 11.4 Å². The van der Waals surface area contributed by atoms with Crippen LogP contribution in [0.25, 0.3) is 11.4 Å². The molecule has 2 aromatic carbocycles. The number of amides is 1. The van der Waals surface area contributed by atoms with E-state index in [1.807, 2.05) is 0 Å². The molecule has 2 heterocycles. The molecule has 168 valence electrons. The summed E-state index contributed by atoms with van der Waals surface area (Å²) >= 11 is 5.89. The van der Waals surface area contributed by atoms with Crippen LogP contribution in [0.2, 0.25) is 5.02 Å². The standard InChI is InChI=1S/C20H21ClN6O4S/c1-14-2-7-17(32(29,30)26-8-10-31-11-9-26)12-18(14)22-19(28)13-27-24-20(23-25-27)15-3-5-16(21)6-4-15/h2-7,12H,8-11,13H2,1H3,(H,22,28). The van der Waals surface area contributed by atoms with E-state index in [-0.39, 0.29) is 11.4 Å². The van der Waals surface area contributed by atoms with E-state index < -0.39 is 15.9 Å². The van der Waals surface area contributed by atoms with Crippen LogP contribution >= 0.6 is 11.6 Å². The number of benzene rings is 2. The van der Waals surface area contributed by atoms with Gasteiger partial charge in [0.05, 0.1) is 18.1 Å². The lowest BCUT2D eigenvalue weighted by molar-refractivity contribution is -0.117. The Balaban J connectivity index is 1.46. The van der Waals surface area contributed by atoms with Crippen LogP contribution in [0.4, 0.5) is 5.69 Å². The van der Waals surface area contributed by atoms with Gasteiger partial charge in [0, 0.05) is 29.4 Å². The molecule has 1 saturated heterocycles. The van der Waals surface area contributed by atoms with Gasteiger partial charge in [0.25, 0.3) is 0 Å². The highest BCUT2D eigenvalue weighted by Crippen LogP contribution is 2.24. The van der Waals surface area contributed by atoms with Crippen molar-refractivity contribution in [3.05, 3.63) is 53.1 Å². The molecule has 1 aromatic heterocycles. The van der Waals surface area contributed by atoms with Crippen LogP contribution in [0.5, 0.6) is 0 Å². The number of hydrogen-bond acceptors (Lipinski definition) is 7. The topological polar surface area (TPSA) is 119 Å². The second kappa shape index (κ2) is 9.33. The molecule has 1 fully saturated rings. The Bertz CT molecular complexity index is 1220. The zero-order valence-corrected chi connectivity index (χ0v) is 18.8. The number of nitrogens with zero attached hydrogens (tertiary/aromatic N) is 5. The van der Waals surface area contributed by atoms with Gasteiger partial charge in [0.1, 0.15) is 6.54 Å². The first kappa shape index (κ1) is 22.3. The Morgan fingerprint density at radius 2 is 1.88 bits per heavy atom. The highest BCUT2D eigenvalue weighted by atomic mass is 35.5. The predicted molar refractivity (Wildman–Crippen MR) is 118 cm³/mol. The molecule has 3 aromatic rings. The van der Waals surface area contributed by atoms with E-state index in [0.29, 0.717) is 42.8 Å². The average molecular weight is 477 g/mol. The number of tetrazole rings is 1. The fourth-order valence-corrected chi connectivity index (χ4v) is 4.74. The van der Waals surface area contributed by atoms with Gasteiger partial charge in [-0.1, -0.05) is 17.7 Å². The molecule has 1 N–H and O–H groups in total. The summed E-state index contributed by atoms with van der Waals surface area (Å²) in [4.78, 5) is 13.8. The molecule has 0 unspecified atom stereocenters. The van der Waals surface area contributed by atoms with E-state index in [1.54, 1.807) is 37.3 Å². The lowest BCUT2D eigenvalue weighted by Gasteiger charge is -2.26. The van der Waals surface area contributed by atoms with E-state index in [9.17, 15) is 13.2 Å². The Labute approximate surface area is 190 Å². The maximum atomic E-state index is 12.9. The highest BCUT2D eigenvalue weighted by Gasteiger charge is 2.27. The molecule has 1 aliphatic heterocycles. The number of carbonyl (C=O) groups is 1. The normalized spacial score (nSPS) is 14.9. The van der Waals surface area contributed by atoms with Gasteiger partial charge < -0.3 is 10.1 Å². The number of carbonyl (C=O) groups excluding carboxylic acids is 1. The van der Waals surface area contributed by atoms with E-state index in [1.165, 1.54) is 21.2 Å². The highest BCUT2D eigenvalue weighted by molar-refractivity contribution is 7.89. The Hall–Kier alpha value is -2.86. The zero-order valence-electron chi connectivity index (χ0n) is 17.2. The van der Waals surface area contributed by atoms with Crippen LogP contribution in [0.15, 0.2) is 47.4 Å². The summed E-state index contributed by atoms with van der Waals surface area (Å²) in [6.45, 7) is 2.92. The largest absolute Gasteiger partial charge is 0.379 e. The number of rotatable bonds is 6. The number of anilines is 1. The minimum atomic E-state index is -3.67. The van der Waals surface area contributed by atoms with Crippen LogP contribution in [0.1, 0.15) is 5.56 Å². The molecular formula is C20H21ClN6O4S. The number of nitrogens with one attached hydrogen (secondary N) is 1. The summed E-state index contributed by atoms with van der Waals surface area (Å²) in [7, 11) is -3.67. The van der Waals surface area contributed by atoms with E-state index in [2.05, 4.69) is 20.7 Å². The molecule has 0 radical (unpaired) electrons. The van der Waals surface area contributed by atoms with Crippen LogP contribution in [0.3, 0.4) is 0 Å². The second-order valence-electron chi connectivity index (χ2n) is 7.19. The monoisotopic (exact) mass is 476 g/mol. The number of halogens is 1. The van der Waals surface area contributed by atoms with Gasteiger partial charge in [-0.3, -0.25) is 4.79 Å². The van der Waals surface area contributed by atoms with Crippen molar-refractivity contribution >= 4 is 33.2 Å². The zero-order chi connectivity index (χ0) is 22.7. The van der Waals surface area contributed by atoms with Crippen LogP contribution in [0, 0.1) is 6.92 Å². The third-order valence-electron chi connectivity index (χ3n) is 4.93. The van der Waals surface area contributed by atoms with Crippen molar-refractivity contribution in [2.24, 2.45) is 0 Å². The van der Waals surface area contributed by atoms with Crippen molar-refractivity contribution in [3.63, 3.8) is 0 Å². The van der Waals surface area contributed by atoms with Crippen molar-refractivity contribution < 1.29 is 17.9 Å². The quantitative estimate of drug-likeness (QED) is 0.577. The second-order valence-corrected chi connectivity index (χ2v) is 9.57. The van der Waals surface area contributed by atoms with Gasteiger partial charge in [-0.25, -0.2) is 8.42 Å². The van der Waals surface area contributed by atoms with Gasteiger partial charge in [0.2, 0.25) is 21.8 Å². The Morgan fingerprint density at radius 3 is 2.59 bits per heavy atom. The van der Waals surface area contributed by atoms with Crippen LogP contribution in [-0.2, 0) is 26.1 Å². The molecule has 1 aliphatic rings. The molecule has 0 atom stereocenters. The molecule has 0 spiro atoms. The molecule has 0 bridgehead atoms. The molecular weight excluding hydrogens is 456 g/mol. The lowest BCUT2D eigenvalue weighted by atomic mass is 10.2. The van der Waals surface area contributed by atoms with Crippen molar-refractivity contribution in [1.29, 1.82) is 0 Å². The van der Waals surface area contributed by atoms with Gasteiger partial charge in [-0.2, -0.15) is 9.10 Å². The third kappa shape index (κ3) is 4.96. The van der Waals surface area contributed by atoms with Gasteiger partial charge >= 0.3 is 0 Å². The summed E-state index contributed by atoms with van der Waals surface area (Å²) in [6, 6.07) is 11.6. The Kier molecular flexibility index (Phi) is 6.51. The minimum Gasteiger partial charge on any atom is -0.379 e. The van der Waals surface area contributed by atoms with Gasteiger partial charge in [-0.15, -0.1) is 10.2 Å². The lowest BCUT2D eigenvalue weighted by Crippen LogP contribution is -2.40. The first-order chi connectivity index (χ1) is 15.3. The van der Waals surface area contributed by atoms with Crippen LogP contribution < -0.4 is 5.32 Å². The van der Waals surface area contributed by atoms with Gasteiger partial charge in [-0.05, 0) is 54.1 Å². The van der Waals surface area contributed by atoms with E-state index in [0.717, 1.165) is 11.1 Å². The molecule has 12 heteroatoms. The van der Waals surface area contributed by atoms with E-state index >= 15 is 0 Å². The van der Waals surface area contributed by atoms with Crippen molar-refractivity contribution in [2.45, 2.75) is 18.4 Å². The number of ether oxygens (including phenoxy) is 1.